The summed E-state index contributed by atoms with van der Waals surface area (Å²) in [6.07, 6.45) is -2.80. The van der Waals surface area contributed by atoms with Gasteiger partial charge in [-0.05, 0) is 0 Å². The second-order valence-electron chi connectivity index (χ2n) is 3.07. The molecule has 0 saturated heterocycles. The van der Waals surface area contributed by atoms with Crippen molar-refractivity contribution < 1.29 is 24.1 Å². The number of phenolic OH excluding ortho intramolecular Hbond substituents is 3. The van der Waals surface area contributed by atoms with Crippen LogP contribution >= 0.6 is 0 Å². The summed E-state index contributed by atoms with van der Waals surface area (Å²) in [5.74, 6) is -3.05. The number of phenols is 3. The van der Waals surface area contributed by atoms with Crippen LogP contribution in [0.5, 0.6) is 17.2 Å². The highest BCUT2D eigenvalue weighted by Crippen LogP contribution is 2.39. The number of alkyl halides is 2. The van der Waals surface area contributed by atoms with Gasteiger partial charge in [-0.2, -0.15) is 0 Å². The molecule has 0 amide bonds. The fraction of sp³-hybridized carbons (Fsp3) is 0.333. The molecule has 0 radical (unpaired) electrons. The van der Waals surface area contributed by atoms with E-state index in [4.69, 9.17) is 10.8 Å². The Balaban J connectivity index is 3.23. The topological polar surface area (TPSA) is 86.7 Å². The Kier molecular flexibility index (Phi) is 3.31. The van der Waals surface area contributed by atoms with Crippen LogP contribution in [0.25, 0.3) is 0 Å². The Hall–Kier alpha value is -1.56. The van der Waals surface area contributed by atoms with Gasteiger partial charge < -0.3 is 21.1 Å². The summed E-state index contributed by atoms with van der Waals surface area (Å²) in [5.41, 5.74) is 4.77. The maximum absolute atomic E-state index is 12.5. The van der Waals surface area contributed by atoms with Crippen LogP contribution < -0.4 is 5.73 Å². The number of rotatable bonds is 3. The SMILES string of the molecule is NCC(c1c(O)cc(O)cc1O)C(F)F. The molecule has 0 aromatic heterocycles. The number of benzene rings is 1. The molecule has 1 aromatic rings. The summed E-state index contributed by atoms with van der Waals surface area (Å²) in [7, 11) is 0. The molecule has 5 N–H and O–H groups in total. The summed E-state index contributed by atoms with van der Waals surface area (Å²) >= 11 is 0. The molecule has 15 heavy (non-hydrogen) atoms. The quantitative estimate of drug-likeness (QED) is 0.613. The number of hydrogen-bond acceptors (Lipinski definition) is 4. The molecule has 0 bridgehead atoms. The van der Waals surface area contributed by atoms with Gasteiger partial charge in [-0.3, -0.25) is 0 Å². The van der Waals surface area contributed by atoms with Crippen LogP contribution in [0.4, 0.5) is 8.78 Å². The van der Waals surface area contributed by atoms with Gasteiger partial charge in [-0.15, -0.1) is 0 Å². The Morgan fingerprint density at radius 1 is 1.13 bits per heavy atom. The zero-order valence-electron chi connectivity index (χ0n) is 7.69. The van der Waals surface area contributed by atoms with E-state index in [0.717, 1.165) is 12.1 Å². The van der Waals surface area contributed by atoms with Gasteiger partial charge in [0.2, 0.25) is 6.43 Å². The third kappa shape index (κ3) is 2.27. The van der Waals surface area contributed by atoms with Gasteiger partial charge in [0.05, 0.1) is 5.92 Å². The average Bonchev–Trinajstić information content (AvgIpc) is 2.09. The Bertz CT molecular complexity index is 334. The van der Waals surface area contributed by atoms with E-state index in [9.17, 15) is 19.0 Å². The molecule has 0 aliphatic rings. The minimum absolute atomic E-state index is 0.342. The first-order valence-corrected chi connectivity index (χ1v) is 4.20. The molecular formula is C9H11F2NO3. The molecule has 0 saturated carbocycles. The molecule has 1 atom stereocenters. The normalized spacial score (nSPS) is 13.1. The highest BCUT2D eigenvalue weighted by molar-refractivity contribution is 5.50. The molecule has 6 heteroatoms. The van der Waals surface area contributed by atoms with Gasteiger partial charge in [0, 0.05) is 24.2 Å². The minimum Gasteiger partial charge on any atom is -0.508 e. The number of aromatic hydroxyl groups is 3. The van der Waals surface area contributed by atoms with Crippen LogP contribution in [0.2, 0.25) is 0 Å². The average molecular weight is 219 g/mol. The van der Waals surface area contributed by atoms with Gasteiger partial charge in [0.15, 0.2) is 0 Å². The van der Waals surface area contributed by atoms with Gasteiger partial charge in [-0.1, -0.05) is 0 Å². The van der Waals surface area contributed by atoms with E-state index in [1.807, 2.05) is 0 Å². The third-order valence-electron chi connectivity index (χ3n) is 2.05. The number of hydrogen-bond donors (Lipinski definition) is 4. The fourth-order valence-electron chi connectivity index (χ4n) is 1.34. The van der Waals surface area contributed by atoms with E-state index in [1.54, 1.807) is 0 Å². The lowest BCUT2D eigenvalue weighted by atomic mass is 9.97. The summed E-state index contributed by atoms with van der Waals surface area (Å²) in [4.78, 5) is 0. The van der Waals surface area contributed by atoms with Crippen molar-refractivity contribution in [1.29, 1.82) is 0 Å². The maximum Gasteiger partial charge on any atom is 0.246 e. The van der Waals surface area contributed by atoms with Gasteiger partial charge in [0.25, 0.3) is 0 Å². The number of nitrogens with two attached hydrogens (primary N) is 1. The van der Waals surface area contributed by atoms with Crippen LogP contribution in [0.15, 0.2) is 12.1 Å². The maximum atomic E-state index is 12.5. The summed E-state index contributed by atoms with van der Waals surface area (Å²) in [5, 5.41) is 27.6. The van der Waals surface area contributed by atoms with Gasteiger partial charge in [-0.25, -0.2) is 8.78 Å². The van der Waals surface area contributed by atoms with E-state index < -0.39 is 36.1 Å². The Morgan fingerprint density at radius 3 is 1.93 bits per heavy atom. The molecule has 1 rings (SSSR count). The van der Waals surface area contributed by atoms with Crippen LogP contribution in [0.1, 0.15) is 11.5 Å². The molecule has 4 nitrogen and oxygen atoms in total. The van der Waals surface area contributed by atoms with E-state index in [1.165, 1.54) is 0 Å². The number of halogens is 2. The second kappa shape index (κ2) is 4.31. The summed E-state index contributed by atoms with van der Waals surface area (Å²) in [6, 6.07) is 1.75. The van der Waals surface area contributed by atoms with Crippen molar-refractivity contribution in [1.82, 2.24) is 0 Å². The minimum atomic E-state index is -2.80. The smallest absolute Gasteiger partial charge is 0.246 e. The lowest BCUT2D eigenvalue weighted by Crippen LogP contribution is -2.19. The van der Waals surface area contributed by atoms with Crippen molar-refractivity contribution in [2.75, 3.05) is 6.54 Å². The van der Waals surface area contributed by atoms with Crippen LogP contribution in [-0.2, 0) is 0 Å². The molecule has 0 aliphatic carbocycles. The summed E-state index contributed by atoms with van der Waals surface area (Å²) in [6.45, 7) is -0.413. The Morgan fingerprint density at radius 2 is 1.60 bits per heavy atom. The standard InChI is InChI=1S/C9H11F2NO3/c10-9(11)5(3-12)8-6(14)1-4(13)2-7(8)15/h1-2,5,9,13-15H,3,12H2. The molecule has 1 aromatic carbocycles. The molecule has 1 unspecified atom stereocenters. The van der Waals surface area contributed by atoms with E-state index in [-0.39, 0.29) is 5.56 Å². The highest BCUT2D eigenvalue weighted by Gasteiger charge is 2.27. The predicted molar refractivity (Wildman–Crippen MR) is 49.2 cm³/mol. The van der Waals surface area contributed by atoms with Crippen molar-refractivity contribution in [2.24, 2.45) is 5.73 Å². The summed E-state index contributed by atoms with van der Waals surface area (Å²) < 4.78 is 25.0. The zero-order valence-corrected chi connectivity index (χ0v) is 7.69. The van der Waals surface area contributed by atoms with Crippen LogP contribution in [-0.4, -0.2) is 28.3 Å². The van der Waals surface area contributed by atoms with Crippen molar-refractivity contribution in [2.45, 2.75) is 12.3 Å². The Labute approximate surface area is 84.6 Å². The molecule has 0 heterocycles. The predicted octanol–water partition coefficient (Wildman–Crippen LogP) is 1.11. The first kappa shape index (κ1) is 11.5. The van der Waals surface area contributed by atoms with Crippen molar-refractivity contribution in [3.8, 4) is 17.2 Å². The van der Waals surface area contributed by atoms with E-state index in [2.05, 4.69) is 0 Å². The lowest BCUT2D eigenvalue weighted by Gasteiger charge is -2.17. The molecule has 0 aliphatic heterocycles. The largest absolute Gasteiger partial charge is 0.508 e. The van der Waals surface area contributed by atoms with Gasteiger partial charge in [0.1, 0.15) is 17.2 Å². The van der Waals surface area contributed by atoms with Crippen molar-refractivity contribution in [3.63, 3.8) is 0 Å². The van der Waals surface area contributed by atoms with E-state index >= 15 is 0 Å². The van der Waals surface area contributed by atoms with Crippen LogP contribution in [0, 0.1) is 0 Å². The van der Waals surface area contributed by atoms with Gasteiger partial charge >= 0.3 is 0 Å². The van der Waals surface area contributed by atoms with Crippen molar-refractivity contribution in [3.05, 3.63) is 17.7 Å². The molecule has 0 fully saturated rings. The highest BCUT2D eigenvalue weighted by atomic mass is 19.3. The van der Waals surface area contributed by atoms with Crippen LogP contribution in [0.3, 0.4) is 0 Å². The second-order valence-corrected chi connectivity index (χ2v) is 3.07. The van der Waals surface area contributed by atoms with Crippen molar-refractivity contribution >= 4 is 0 Å². The first-order chi connectivity index (χ1) is 6.97. The van der Waals surface area contributed by atoms with E-state index in [0.29, 0.717) is 0 Å². The lowest BCUT2D eigenvalue weighted by molar-refractivity contribution is 0.114. The molecule has 0 spiro atoms. The zero-order chi connectivity index (χ0) is 11.6. The molecule has 84 valence electrons. The monoisotopic (exact) mass is 219 g/mol. The first-order valence-electron chi connectivity index (χ1n) is 4.20. The fourth-order valence-corrected chi connectivity index (χ4v) is 1.34. The third-order valence-corrected chi connectivity index (χ3v) is 2.05. The molecular weight excluding hydrogens is 208 g/mol.